The molecule has 116 valence electrons. The molecule has 22 heavy (non-hydrogen) atoms. The SMILES string of the molecule is OCc1nnn(-c2ccc3c(c2)OCO3)c1C1CCCCC1. The van der Waals surface area contributed by atoms with E-state index in [1.807, 2.05) is 22.9 Å². The van der Waals surface area contributed by atoms with Crippen molar-refractivity contribution in [3.05, 3.63) is 29.6 Å². The maximum absolute atomic E-state index is 9.60. The third-order valence-electron chi connectivity index (χ3n) is 4.52. The fourth-order valence-corrected chi connectivity index (χ4v) is 3.43. The molecule has 1 aliphatic carbocycles. The average Bonchev–Trinajstić information content (AvgIpc) is 3.21. The first-order chi connectivity index (χ1) is 10.9. The normalized spacial score (nSPS) is 17.9. The van der Waals surface area contributed by atoms with Gasteiger partial charge in [-0.05, 0) is 25.0 Å². The summed E-state index contributed by atoms with van der Waals surface area (Å²) in [6.45, 7) is 0.184. The lowest BCUT2D eigenvalue weighted by Gasteiger charge is -2.23. The van der Waals surface area contributed by atoms with Gasteiger partial charge in [0.05, 0.1) is 18.0 Å². The Balaban J connectivity index is 1.76. The molecule has 6 nitrogen and oxygen atoms in total. The minimum absolute atomic E-state index is 0.0730. The van der Waals surface area contributed by atoms with Crippen LogP contribution in [0.1, 0.15) is 49.4 Å². The van der Waals surface area contributed by atoms with Gasteiger partial charge in [0.2, 0.25) is 6.79 Å². The van der Waals surface area contributed by atoms with E-state index in [2.05, 4.69) is 10.3 Å². The molecule has 1 N–H and O–H groups in total. The van der Waals surface area contributed by atoms with Gasteiger partial charge in [0, 0.05) is 12.0 Å². The number of aliphatic hydroxyl groups excluding tert-OH is 1. The van der Waals surface area contributed by atoms with Crippen LogP contribution in [0.5, 0.6) is 11.5 Å². The Morgan fingerprint density at radius 1 is 1.14 bits per heavy atom. The summed E-state index contributed by atoms with van der Waals surface area (Å²) >= 11 is 0. The number of ether oxygens (including phenoxy) is 2. The van der Waals surface area contributed by atoms with Crippen LogP contribution in [-0.4, -0.2) is 26.9 Å². The van der Waals surface area contributed by atoms with Crippen molar-refractivity contribution < 1.29 is 14.6 Å². The van der Waals surface area contributed by atoms with Crippen LogP contribution in [0.15, 0.2) is 18.2 Å². The second-order valence-electron chi connectivity index (χ2n) is 5.86. The number of aliphatic hydroxyl groups is 1. The number of nitrogens with zero attached hydrogens (tertiary/aromatic N) is 3. The van der Waals surface area contributed by atoms with Gasteiger partial charge in [0.1, 0.15) is 5.69 Å². The summed E-state index contributed by atoms with van der Waals surface area (Å²) in [5.74, 6) is 1.90. The Bertz CT molecular complexity index is 677. The minimum Gasteiger partial charge on any atom is -0.454 e. The predicted molar refractivity (Wildman–Crippen MR) is 79.2 cm³/mol. The first kappa shape index (κ1) is 13.6. The fourth-order valence-electron chi connectivity index (χ4n) is 3.43. The number of fused-ring (bicyclic) bond motifs is 1. The van der Waals surface area contributed by atoms with Crippen LogP contribution in [0.25, 0.3) is 5.69 Å². The van der Waals surface area contributed by atoms with Crippen LogP contribution in [0.3, 0.4) is 0 Å². The van der Waals surface area contributed by atoms with Crippen molar-refractivity contribution in [2.24, 2.45) is 0 Å². The van der Waals surface area contributed by atoms with Crippen molar-refractivity contribution in [3.63, 3.8) is 0 Å². The molecule has 0 atom stereocenters. The summed E-state index contributed by atoms with van der Waals surface area (Å²) in [7, 11) is 0. The lowest BCUT2D eigenvalue weighted by atomic mass is 9.86. The van der Waals surface area contributed by atoms with Gasteiger partial charge in [-0.1, -0.05) is 24.5 Å². The molecule has 1 aliphatic heterocycles. The molecule has 1 saturated carbocycles. The molecule has 0 unspecified atom stereocenters. The van der Waals surface area contributed by atoms with Crippen molar-refractivity contribution in [1.82, 2.24) is 15.0 Å². The lowest BCUT2D eigenvalue weighted by molar-refractivity contribution is 0.174. The van der Waals surface area contributed by atoms with Gasteiger partial charge < -0.3 is 14.6 Å². The number of hydrogen-bond acceptors (Lipinski definition) is 5. The monoisotopic (exact) mass is 301 g/mol. The van der Waals surface area contributed by atoms with E-state index >= 15 is 0 Å². The molecule has 1 fully saturated rings. The molecule has 1 aromatic carbocycles. The van der Waals surface area contributed by atoms with Crippen LogP contribution in [0, 0.1) is 0 Å². The highest BCUT2D eigenvalue weighted by Gasteiger charge is 2.25. The number of rotatable bonds is 3. The summed E-state index contributed by atoms with van der Waals surface area (Å²) in [4.78, 5) is 0. The van der Waals surface area contributed by atoms with E-state index in [-0.39, 0.29) is 13.4 Å². The van der Waals surface area contributed by atoms with E-state index in [0.29, 0.717) is 11.6 Å². The Morgan fingerprint density at radius 3 is 2.77 bits per heavy atom. The van der Waals surface area contributed by atoms with Gasteiger partial charge in [0.15, 0.2) is 11.5 Å². The highest BCUT2D eigenvalue weighted by Crippen LogP contribution is 2.37. The lowest BCUT2D eigenvalue weighted by Crippen LogP contribution is -2.12. The zero-order valence-electron chi connectivity index (χ0n) is 12.4. The van der Waals surface area contributed by atoms with E-state index in [1.165, 1.54) is 19.3 Å². The summed E-state index contributed by atoms with van der Waals surface area (Å²) in [5.41, 5.74) is 2.63. The molecule has 2 aromatic rings. The first-order valence-corrected chi connectivity index (χ1v) is 7.82. The summed E-state index contributed by atoms with van der Waals surface area (Å²) in [5, 5.41) is 18.0. The van der Waals surface area contributed by atoms with E-state index in [4.69, 9.17) is 9.47 Å². The molecule has 2 aliphatic rings. The van der Waals surface area contributed by atoms with E-state index < -0.39 is 0 Å². The van der Waals surface area contributed by atoms with Crippen molar-refractivity contribution in [1.29, 1.82) is 0 Å². The molecule has 2 heterocycles. The molecule has 1 aromatic heterocycles. The standard InChI is InChI=1S/C16H19N3O3/c20-9-13-16(11-4-2-1-3-5-11)19(18-17-13)12-6-7-14-15(8-12)22-10-21-14/h6-8,11,20H,1-5,9-10H2. The number of aromatic nitrogens is 3. The molecule has 0 spiro atoms. The largest absolute Gasteiger partial charge is 0.454 e. The molecule has 6 heteroatoms. The summed E-state index contributed by atoms with van der Waals surface area (Å²) in [6.07, 6.45) is 6.00. The Labute approximate surface area is 128 Å². The summed E-state index contributed by atoms with van der Waals surface area (Å²) in [6, 6.07) is 5.77. The van der Waals surface area contributed by atoms with Crippen LogP contribution >= 0.6 is 0 Å². The van der Waals surface area contributed by atoms with Crippen LogP contribution in [-0.2, 0) is 6.61 Å². The highest BCUT2D eigenvalue weighted by atomic mass is 16.7. The van der Waals surface area contributed by atoms with E-state index in [1.54, 1.807) is 0 Å². The third kappa shape index (κ3) is 2.23. The fraction of sp³-hybridized carbons (Fsp3) is 0.500. The quantitative estimate of drug-likeness (QED) is 0.943. The van der Waals surface area contributed by atoms with Gasteiger partial charge in [-0.15, -0.1) is 5.10 Å². The van der Waals surface area contributed by atoms with E-state index in [9.17, 15) is 5.11 Å². The van der Waals surface area contributed by atoms with Crippen molar-refractivity contribution in [2.45, 2.75) is 44.6 Å². The topological polar surface area (TPSA) is 69.4 Å². The predicted octanol–water partition coefficient (Wildman–Crippen LogP) is 2.54. The molecule has 0 amide bonds. The Morgan fingerprint density at radius 2 is 1.95 bits per heavy atom. The second kappa shape index (κ2) is 5.61. The van der Waals surface area contributed by atoms with Crippen molar-refractivity contribution in [2.75, 3.05) is 6.79 Å². The first-order valence-electron chi connectivity index (χ1n) is 7.82. The van der Waals surface area contributed by atoms with Gasteiger partial charge >= 0.3 is 0 Å². The zero-order chi connectivity index (χ0) is 14.9. The summed E-state index contributed by atoms with van der Waals surface area (Å²) < 4.78 is 12.7. The van der Waals surface area contributed by atoms with Crippen LogP contribution in [0.4, 0.5) is 0 Å². The maximum atomic E-state index is 9.60. The molecule has 4 rings (SSSR count). The smallest absolute Gasteiger partial charge is 0.231 e. The van der Waals surface area contributed by atoms with Gasteiger partial charge in [-0.3, -0.25) is 0 Å². The second-order valence-corrected chi connectivity index (χ2v) is 5.86. The molecule has 0 radical (unpaired) electrons. The number of hydrogen-bond donors (Lipinski definition) is 1. The van der Waals surface area contributed by atoms with Gasteiger partial charge in [-0.2, -0.15) is 0 Å². The van der Waals surface area contributed by atoms with Crippen molar-refractivity contribution in [3.8, 4) is 17.2 Å². The maximum Gasteiger partial charge on any atom is 0.231 e. The Hall–Kier alpha value is -2.08. The number of benzene rings is 1. The van der Waals surface area contributed by atoms with Crippen LogP contribution in [0.2, 0.25) is 0 Å². The van der Waals surface area contributed by atoms with E-state index in [0.717, 1.165) is 35.7 Å². The zero-order valence-corrected chi connectivity index (χ0v) is 12.4. The van der Waals surface area contributed by atoms with Crippen molar-refractivity contribution >= 4 is 0 Å². The minimum atomic E-state index is -0.0730. The molecule has 0 saturated heterocycles. The average molecular weight is 301 g/mol. The highest BCUT2D eigenvalue weighted by molar-refractivity contribution is 5.50. The van der Waals surface area contributed by atoms with Gasteiger partial charge in [-0.25, -0.2) is 4.68 Å². The van der Waals surface area contributed by atoms with Gasteiger partial charge in [0.25, 0.3) is 0 Å². The molecular formula is C16H19N3O3. The van der Waals surface area contributed by atoms with Crippen LogP contribution < -0.4 is 9.47 Å². The Kier molecular flexibility index (Phi) is 3.46. The molecular weight excluding hydrogens is 282 g/mol. The molecule has 0 bridgehead atoms. The third-order valence-corrected chi connectivity index (χ3v) is 4.52.